The van der Waals surface area contributed by atoms with Crippen molar-refractivity contribution in [1.29, 1.82) is 0 Å². The summed E-state index contributed by atoms with van der Waals surface area (Å²) in [6, 6.07) is 4.09. The van der Waals surface area contributed by atoms with Crippen molar-refractivity contribution in [3.8, 4) is 0 Å². The molecule has 2 aliphatic rings. The molecule has 4 unspecified atom stereocenters. The van der Waals surface area contributed by atoms with E-state index in [1.807, 2.05) is 11.9 Å². The van der Waals surface area contributed by atoms with Crippen LogP contribution in [0.3, 0.4) is 0 Å². The van der Waals surface area contributed by atoms with Gasteiger partial charge in [0, 0.05) is 52.6 Å². The zero-order valence-electron chi connectivity index (χ0n) is 53.0. The van der Waals surface area contributed by atoms with Crippen LogP contribution in [0.1, 0.15) is 25.7 Å². The molecule has 36 heteroatoms. The number of nitrogens with one attached hydrogen (secondary N) is 1. The molecule has 2 heterocycles. The Labute approximate surface area is 563 Å². The van der Waals surface area contributed by atoms with Crippen molar-refractivity contribution in [1.82, 2.24) is 15.1 Å². The summed E-state index contributed by atoms with van der Waals surface area (Å²) in [6.45, 7) is 38.6. The Balaban J connectivity index is -0.000000395. The normalized spacial score (nSPS) is 16.5. The molecule has 0 aromatic rings. The molecule has 2 rings (SSSR count). The average Bonchev–Trinajstić information content (AvgIpc) is 4.20. The van der Waals surface area contributed by atoms with E-state index in [1.165, 1.54) is 0 Å². The maximum atomic E-state index is 10.7. The molecular weight excluding hydrogens is 1250 g/mol. The number of ether oxygens (including phenoxy) is 6. The third-order valence-electron chi connectivity index (χ3n) is 11.1. The molecule has 0 spiro atoms. The van der Waals surface area contributed by atoms with Gasteiger partial charge in [0.2, 0.25) is 0 Å². The predicted molar refractivity (Wildman–Crippen MR) is 315 cm³/mol. The SMILES string of the molecule is CNCCS(=O)(=O)[O-].C[Si](C)(CCCOCC1CO1)O[Si](C)(C)O[Si](C)(C)CCCOCC1CO1.O=S(=O)=O.[CH2-]CN(C)CC(O)COCCC[Si](C)(C)O[Si](C)(C)O[Si](C)(C)CCCOCC(O)CN(C)CCS(=O)(=O)[O-].[Na+].[Na+].[Na+]. The molecule has 0 aromatic heterocycles. The summed E-state index contributed by atoms with van der Waals surface area (Å²) in [7, 11) is -18.1. The topological polar surface area (TPSA) is 323 Å². The molecule has 3 N–H and O–H groups in total. The first kappa shape index (κ1) is 92.9. The standard InChI is InChI=1S/C24H57N2O9SSi3.C18H40O6Si3.C3H9NO3S.3Na.O3S/c1-10-25(2)19-23(27)21-32-14-11-17-37(4,5)34-39(8,9)35-38(6,7)18-12-15-33-22-24(28)20-26(3)13-16-36(29,30)31;1-25(2,11-7-9-19-13-17-15-21-17)23-27(5,6)24-26(3,4)12-8-10-20-14-18-16-22-18;1-4-2-3-8(5,6)7;;;;1-4(2)3/h23-24,27-28H,1,10-22H2,2-9H3,(H,29,30,31);17-18H,7-16H2,1-6H3;4H,2-3H2,1H3,(H,5,6,7);;;;/q-1;;;3*+1;/p-2. The Morgan fingerprint density at radius 3 is 1.11 bits per heavy atom. The molecule has 0 saturated carbocycles. The van der Waals surface area contributed by atoms with Gasteiger partial charge in [-0.05, 0) is 150 Å². The van der Waals surface area contributed by atoms with Gasteiger partial charge in [-0.3, -0.25) is 0 Å². The van der Waals surface area contributed by atoms with Crippen LogP contribution >= 0.6 is 0 Å². The average molecular weight is 1360 g/mol. The summed E-state index contributed by atoms with van der Waals surface area (Å²) in [6.07, 6.45) is 3.25. The van der Waals surface area contributed by atoms with Crippen LogP contribution in [0.2, 0.25) is 103 Å². The van der Waals surface area contributed by atoms with E-state index >= 15 is 0 Å². The van der Waals surface area contributed by atoms with Gasteiger partial charge in [0.05, 0.1) is 83.6 Å². The summed E-state index contributed by atoms with van der Waals surface area (Å²) >= 11 is 0. The van der Waals surface area contributed by atoms with Crippen molar-refractivity contribution in [3.05, 3.63) is 6.92 Å². The van der Waals surface area contributed by atoms with Gasteiger partial charge < -0.3 is 86.2 Å². The first-order valence-electron chi connectivity index (χ1n) is 26.8. The number of hydrogen-bond acceptors (Lipinski definition) is 24. The smallest absolute Gasteiger partial charge is 0.748 e. The minimum absolute atomic E-state index is 0. The number of hydrogen-bond donors (Lipinski definition) is 3. The number of likely N-dealkylation sites (N-methyl/N-ethyl adjacent to an activating group) is 2. The van der Waals surface area contributed by atoms with Gasteiger partial charge in [0.25, 0.3) is 0 Å². The van der Waals surface area contributed by atoms with Gasteiger partial charge in [0.1, 0.15) is 12.2 Å². The predicted octanol–water partition coefficient (Wildman–Crippen LogP) is -5.59. The van der Waals surface area contributed by atoms with Crippen molar-refractivity contribution in [3.63, 3.8) is 0 Å². The van der Waals surface area contributed by atoms with E-state index in [9.17, 15) is 36.2 Å². The van der Waals surface area contributed by atoms with Crippen LogP contribution < -0.4 is 94.0 Å². The summed E-state index contributed by atoms with van der Waals surface area (Å²) in [5, 5.41) is 22.6. The summed E-state index contributed by atoms with van der Waals surface area (Å²) in [4.78, 5) is 3.56. The van der Waals surface area contributed by atoms with E-state index in [0.717, 1.165) is 89.5 Å². The van der Waals surface area contributed by atoms with Crippen LogP contribution in [0.25, 0.3) is 0 Å². The fraction of sp³-hybridized carbons (Fsp3) is 0.978. The second-order valence-corrected chi connectivity index (χ2v) is 51.4. The molecule has 24 nitrogen and oxygen atoms in total. The van der Waals surface area contributed by atoms with Crippen molar-refractivity contribution < 1.29 is 182 Å². The molecule has 4 atom stereocenters. The summed E-state index contributed by atoms with van der Waals surface area (Å²) in [5.41, 5.74) is 0. The summed E-state index contributed by atoms with van der Waals surface area (Å²) < 4.78 is 146. The fourth-order valence-corrected chi connectivity index (χ4v) is 37.0. The van der Waals surface area contributed by atoms with E-state index in [0.29, 0.717) is 45.1 Å². The molecule has 0 radical (unpaired) electrons. The Bertz CT molecular complexity index is 1890. The number of epoxide rings is 2. The second kappa shape index (κ2) is 48.0. The molecule has 0 aliphatic carbocycles. The number of nitrogens with zero attached hydrogens (tertiary/aromatic N) is 2. The van der Waals surface area contributed by atoms with Gasteiger partial charge in [-0.2, -0.15) is 0 Å². The zero-order valence-corrected chi connectivity index (χ0v) is 67.4. The van der Waals surface area contributed by atoms with Crippen LogP contribution in [0.4, 0.5) is 0 Å². The molecule has 2 saturated heterocycles. The Hall–Kier alpha value is 3.14. The van der Waals surface area contributed by atoms with Crippen LogP contribution in [0.5, 0.6) is 0 Å². The van der Waals surface area contributed by atoms with Crippen LogP contribution in [0.15, 0.2) is 0 Å². The van der Waals surface area contributed by atoms with E-state index in [2.05, 4.69) is 90.8 Å². The van der Waals surface area contributed by atoms with Crippen molar-refractivity contribution in [2.75, 3.05) is 131 Å². The van der Waals surface area contributed by atoms with Gasteiger partial charge in [0.15, 0.2) is 33.3 Å². The third kappa shape index (κ3) is 67.4. The minimum atomic E-state index is -4.26. The van der Waals surface area contributed by atoms with E-state index in [-0.39, 0.29) is 121 Å². The molecule has 2 fully saturated rings. The quantitative estimate of drug-likeness (QED) is 0.0169. The minimum Gasteiger partial charge on any atom is -0.748 e. The molecule has 0 amide bonds. The largest absolute Gasteiger partial charge is 1.00 e. The van der Waals surface area contributed by atoms with Gasteiger partial charge >= 0.3 is 116 Å². The number of rotatable bonds is 43. The maximum Gasteiger partial charge on any atom is 1.00 e. The molecular formula is C45H104N3Na3O21S3Si6. The van der Waals surface area contributed by atoms with E-state index in [4.69, 9.17) is 57.5 Å². The van der Waals surface area contributed by atoms with Crippen molar-refractivity contribution >= 4 is 81.2 Å². The molecule has 0 bridgehead atoms. The van der Waals surface area contributed by atoms with Crippen LogP contribution in [-0.2, 0) is 75.7 Å². The zero-order chi connectivity index (χ0) is 60.5. The Morgan fingerprint density at radius 1 is 0.580 bits per heavy atom. The van der Waals surface area contributed by atoms with E-state index < -0.39 is 99.2 Å². The Morgan fingerprint density at radius 2 is 0.864 bits per heavy atom. The number of aliphatic hydroxyl groups is 2. The Kier molecular flexibility index (Phi) is 55.0. The van der Waals surface area contributed by atoms with Gasteiger partial charge in [-0.15, -0.1) is 19.2 Å². The van der Waals surface area contributed by atoms with Crippen LogP contribution in [0, 0.1) is 6.92 Å². The van der Waals surface area contributed by atoms with E-state index in [1.54, 1.807) is 19.0 Å². The van der Waals surface area contributed by atoms with Gasteiger partial charge in [-0.25, -0.2) is 16.8 Å². The number of aliphatic hydroxyl groups excluding tert-OH is 2. The first-order chi connectivity index (χ1) is 35.6. The first-order valence-corrected chi connectivity index (χ1v) is 49.0. The molecule has 81 heavy (non-hydrogen) atoms. The second-order valence-electron chi connectivity index (χ2n) is 23.0. The molecule has 0 aromatic carbocycles. The van der Waals surface area contributed by atoms with Gasteiger partial charge in [-0.1, -0.05) is 0 Å². The van der Waals surface area contributed by atoms with Crippen molar-refractivity contribution in [2.45, 2.75) is 153 Å². The molecule has 470 valence electrons. The monoisotopic (exact) mass is 1360 g/mol. The third-order valence-corrected chi connectivity index (χ3v) is 35.5. The fourth-order valence-electron chi connectivity index (χ4n) is 8.01. The summed E-state index contributed by atoms with van der Waals surface area (Å²) in [5.74, 6) is -0.807. The van der Waals surface area contributed by atoms with Crippen LogP contribution in [-0.4, -0.2) is 265 Å². The molecule has 2 aliphatic heterocycles. The van der Waals surface area contributed by atoms with Crippen molar-refractivity contribution in [2.24, 2.45) is 0 Å². The maximum absolute atomic E-state index is 10.7.